The van der Waals surface area contributed by atoms with E-state index in [1.54, 1.807) is 0 Å². The molecule has 6 heteroatoms. The smallest absolute Gasteiger partial charge is 0.267 e. The van der Waals surface area contributed by atoms with Crippen LogP contribution in [0.25, 0.3) is 0 Å². The Morgan fingerprint density at radius 1 is 1.56 bits per heavy atom. The Morgan fingerprint density at radius 2 is 2.31 bits per heavy atom. The minimum Gasteiger partial charge on any atom is -0.335 e. The van der Waals surface area contributed by atoms with Crippen LogP contribution in [0.2, 0.25) is 0 Å². The van der Waals surface area contributed by atoms with Crippen molar-refractivity contribution in [1.82, 2.24) is 10.2 Å². The first-order valence-corrected chi connectivity index (χ1v) is 5.62. The van der Waals surface area contributed by atoms with Gasteiger partial charge in [0.2, 0.25) is 5.91 Å². The van der Waals surface area contributed by atoms with Gasteiger partial charge in [-0.3, -0.25) is 4.79 Å². The zero-order chi connectivity index (χ0) is 11.8. The van der Waals surface area contributed by atoms with Gasteiger partial charge in [-0.05, 0) is 25.4 Å². The predicted molar refractivity (Wildman–Crippen MR) is 55.1 cm³/mol. The first kappa shape index (κ1) is 11.7. The maximum Gasteiger partial charge on any atom is 0.267 e. The Bertz CT molecular complexity index is 285. The maximum atomic E-state index is 13.0. The number of halogens is 2. The molecule has 2 atom stereocenters. The monoisotopic (exact) mass is 233 g/mol. The van der Waals surface area contributed by atoms with Crippen LogP contribution < -0.4 is 11.1 Å². The first-order chi connectivity index (χ1) is 7.52. The zero-order valence-electron chi connectivity index (χ0n) is 9.09. The number of hydrogen-bond acceptors (Lipinski definition) is 3. The molecule has 2 rings (SSSR count). The Hall–Kier alpha value is -0.750. The summed E-state index contributed by atoms with van der Waals surface area (Å²) in [6, 6.07) is -0.317. The summed E-state index contributed by atoms with van der Waals surface area (Å²) in [7, 11) is 0. The van der Waals surface area contributed by atoms with Gasteiger partial charge in [-0.15, -0.1) is 0 Å². The second kappa shape index (κ2) is 4.25. The minimum absolute atomic E-state index is 0.164. The molecule has 2 heterocycles. The summed E-state index contributed by atoms with van der Waals surface area (Å²) in [6.07, 6.45) is 0.448. The molecule has 0 aromatic carbocycles. The quantitative estimate of drug-likeness (QED) is 0.694. The van der Waals surface area contributed by atoms with E-state index in [4.69, 9.17) is 5.73 Å². The van der Waals surface area contributed by atoms with Crippen molar-refractivity contribution in [2.24, 2.45) is 11.7 Å². The number of nitrogens with one attached hydrogen (secondary N) is 1. The Balaban J connectivity index is 1.89. The number of nitrogens with two attached hydrogens (primary N) is 1. The molecule has 2 saturated heterocycles. The number of carbonyl (C=O) groups excluding carboxylic acids is 1. The van der Waals surface area contributed by atoms with Crippen LogP contribution >= 0.6 is 0 Å². The molecule has 0 saturated carbocycles. The van der Waals surface area contributed by atoms with Crippen LogP contribution in [0.4, 0.5) is 8.78 Å². The fourth-order valence-corrected chi connectivity index (χ4v) is 2.32. The standard InChI is InChI=1S/C10H17F2N3O/c11-10(12)1-2-15(6-10)9(16)8-3-7(4-13)5-14-8/h7-8,14H,1-6,13H2. The van der Waals surface area contributed by atoms with Crippen molar-refractivity contribution >= 4 is 5.91 Å². The Kier molecular flexibility index (Phi) is 3.12. The van der Waals surface area contributed by atoms with Gasteiger partial charge in [-0.1, -0.05) is 0 Å². The lowest BCUT2D eigenvalue weighted by atomic mass is 10.1. The lowest BCUT2D eigenvalue weighted by Gasteiger charge is -2.20. The van der Waals surface area contributed by atoms with Crippen molar-refractivity contribution in [2.75, 3.05) is 26.2 Å². The largest absolute Gasteiger partial charge is 0.335 e. The van der Waals surface area contributed by atoms with Gasteiger partial charge >= 0.3 is 0 Å². The van der Waals surface area contributed by atoms with Crippen molar-refractivity contribution in [1.29, 1.82) is 0 Å². The van der Waals surface area contributed by atoms with Gasteiger partial charge in [0.05, 0.1) is 12.6 Å². The topological polar surface area (TPSA) is 58.4 Å². The highest BCUT2D eigenvalue weighted by molar-refractivity contribution is 5.82. The molecule has 1 amide bonds. The maximum absolute atomic E-state index is 13.0. The number of likely N-dealkylation sites (tertiary alicyclic amines) is 1. The SMILES string of the molecule is NCC1CNC(C(=O)N2CCC(F)(F)C2)C1. The Labute approximate surface area is 93.2 Å². The van der Waals surface area contributed by atoms with Gasteiger partial charge < -0.3 is 16.0 Å². The van der Waals surface area contributed by atoms with Crippen LogP contribution in [0.15, 0.2) is 0 Å². The molecule has 0 aromatic rings. The normalized spacial score (nSPS) is 33.3. The van der Waals surface area contributed by atoms with E-state index in [-0.39, 0.29) is 30.8 Å². The fourth-order valence-electron chi connectivity index (χ4n) is 2.32. The molecule has 0 aliphatic carbocycles. The second-order valence-electron chi connectivity index (χ2n) is 4.66. The minimum atomic E-state index is -2.71. The van der Waals surface area contributed by atoms with E-state index in [1.807, 2.05) is 0 Å². The number of carbonyl (C=O) groups is 1. The molecule has 2 aliphatic heterocycles. The van der Waals surface area contributed by atoms with Crippen LogP contribution in [0, 0.1) is 5.92 Å². The zero-order valence-corrected chi connectivity index (χ0v) is 9.09. The van der Waals surface area contributed by atoms with Crippen LogP contribution in [0.3, 0.4) is 0 Å². The van der Waals surface area contributed by atoms with Gasteiger partial charge in [-0.25, -0.2) is 8.78 Å². The summed E-state index contributed by atoms with van der Waals surface area (Å²) in [5, 5.41) is 3.05. The molecule has 92 valence electrons. The fraction of sp³-hybridized carbons (Fsp3) is 0.900. The third kappa shape index (κ3) is 2.32. The molecule has 0 radical (unpaired) electrons. The highest BCUT2D eigenvalue weighted by Gasteiger charge is 2.42. The van der Waals surface area contributed by atoms with Crippen molar-refractivity contribution < 1.29 is 13.6 Å². The highest BCUT2D eigenvalue weighted by Crippen LogP contribution is 2.28. The first-order valence-electron chi connectivity index (χ1n) is 5.62. The number of rotatable bonds is 2. The third-order valence-corrected chi connectivity index (χ3v) is 3.33. The third-order valence-electron chi connectivity index (χ3n) is 3.33. The molecular weight excluding hydrogens is 216 g/mol. The molecule has 0 aromatic heterocycles. The average molecular weight is 233 g/mol. The van der Waals surface area contributed by atoms with Gasteiger partial charge in [0, 0.05) is 13.0 Å². The molecule has 4 nitrogen and oxygen atoms in total. The van der Waals surface area contributed by atoms with Crippen molar-refractivity contribution in [3.8, 4) is 0 Å². The lowest BCUT2D eigenvalue weighted by molar-refractivity contribution is -0.133. The van der Waals surface area contributed by atoms with E-state index in [9.17, 15) is 13.6 Å². The summed E-state index contributed by atoms with van der Waals surface area (Å²) in [6.45, 7) is 0.971. The van der Waals surface area contributed by atoms with Gasteiger partial charge in [0.25, 0.3) is 5.92 Å². The average Bonchev–Trinajstić information content (AvgIpc) is 2.83. The Morgan fingerprint density at radius 3 is 2.81 bits per heavy atom. The van der Waals surface area contributed by atoms with Gasteiger partial charge in [-0.2, -0.15) is 0 Å². The van der Waals surface area contributed by atoms with Crippen molar-refractivity contribution in [2.45, 2.75) is 24.8 Å². The van der Waals surface area contributed by atoms with E-state index >= 15 is 0 Å². The van der Waals surface area contributed by atoms with E-state index in [1.165, 1.54) is 4.90 Å². The number of amides is 1. The summed E-state index contributed by atoms with van der Waals surface area (Å²) in [5.41, 5.74) is 5.51. The molecule has 16 heavy (non-hydrogen) atoms. The number of alkyl halides is 2. The summed E-state index contributed by atoms with van der Waals surface area (Å²) < 4.78 is 25.9. The molecule has 2 fully saturated rings. The second-order valence-corrected chi connectivity index (χ2v) is 4.66. The molecule has 2 unspecified atom stereocenters. The molecule has 2 aliphatic rings. The van der Waals surface area contributed by atoms with E-state index in [0.717, 1.165) is 0 Å². The predicted octanol–water partition coefficient (Wildman–Crippen LogP) is -0.209. The van der Waals surface area contributed by atoms with Crippen LogP contribution in [0.5, 0.6) is 0 Å². The van der Waals surface area contributed by atoms with Crippen LogP contribution in [-0.2, 0) is 4.79 Å². The van der Waals surface area contributed by atoms with Gasteiger partial charge in [0.1, 0.15) is 0 Å². The number of nitrogens with zero attached hydrogens (tertiary/aromatic N) is 1. The molecule has 0 spiro atoms. The molecular formula is C10H17F2N3O. The van der Waals surface area contributed by atoms with Crippen molar-refractivity contribution in [3.05, 3.63) is 0 Å². The molecule has 0 bridgehead atoms. The summed E-state index contributed by atoms with van der Waals surface area (Å²) >= 11 is 0. The van der Waals surface area contributed by atoms with E-state index in [2.05, 4.69) is 5.32 Å². The van der Waals surface area contributed by atoms with Crippen molar-refractivity contribution in [3.63, 3.8) is 0 Å². The summed E-state index contributed by atoms with van der Waals surface area (Å²) in [5.74, 6) is -2.62. The summed E-state index contributed by atoms with van der Waals surface area (Å²) in [4.78, 5) is 13.1. The van der Waals surface area contributed by atoms with E-state index < -0.39 is 12.5 Å². The molecule has 3 N–H and O–H groups in total. The van der Waals surface area contributed by atoms with Crippen LogP contribution in [-0.4, -0.2) is 49.0 Å². The van der Waals surface area contributed by atoms with Gasteiger partial charge in [0.15, 0.2) is 0 Å². The van der Waals surface area contributed by atoms with Crippen LogP contribution in [0.1, 0.15) is 12.8 Å². The highest BCUT2D eigenvalue weighted by atomic mass is 19.3. The lowest BCUT2D eigenvalue weighted by Crippen LogP contribution is -2.43. The number of hydrogen-bond donors (Lipinski definition) is 2. The van der Waals surface area contributed by atoms with E-state index in [0.29, 0.717) is 19.5 Å².